The van der Waals surface area contributed by atoms with Gasteiger partial charge in [0.15, 0.2) is 0 Å². The van der Waals surface area contributed by atoms with E-state index in [0.29, 0.717) is 16.5 Å². The summed E-state index contributed by atoms with van der Waals surface area (Å²) in [5.74, 6) is -0.641. The molecule has 1 atom stereocenters. The molecule has 0 spiro atoms. The molecule has 9 heteroatoms. The predicted molar refractivity (Wildman–Crippen MR) is 97.4 cm³/mol. The summed E-state index contributed by atoms with van der Waals surface area (Å²) in [4.78, 5) is 12.3. The van der Waals surface area contributed by atoms with Crippen LogP contribution < -0.4 is 14.8 Å². The predicted octanol–water partition coefficient (Wildman–Crippen LogP) is 3.18. The Bertz CT molecular complexity index is 888. The van der Waals surface area contributed by atoms with Crippen molar-refractivity contribution in [2.75, 3.05) is 12.4 Å². The van der Waals surface area contributed by atoms with Gasteiger partial charge in [-0.25, -0.2) is 12.8 Å². The molecule has 0 aliphatic carbocycles. The SMILES string of the molecule is CCC(NS(=O)(=O)c1ccc(F)cc1)C(=O)Nc1ccc(OC)c(Cl)c1. The van der Waals surface area contributed by atoms with E-state index < -0.39 is 27.8 Å². The van der Waals surface area contributed by atoms with Crippen molar-refractivity contribution in [2.24, 2.45) is 0 Å². The molecule has 0 aliphatic rings. The fourth-order valence-electron chi connectivity index (χ4n) is 2.16. The topological polar surface area (TPSA) is 84.5 Å². The van der Waals surface area contributed by atoms with Crippen molar-refractivity contribution in [3.63, 3.8) is 0 Å². The Kier molecular flexibility index (Phi) is 6.57. The average Bonchev–Trinajstić information content (AvgIpc) is 2.60. The van der Waals surface area contributed by atoms with Gasteiger partial charge in [-0.2, -0.15) is 4.72 Å². The fourth-order valence-corrected chi connectivity index (χ4v) is 3.70. The van der Waals surface area contributed by atoms with Crippen LogP contribution in [0.25, 0.3) is 0 Å². The first-order valence-corrected chi connectivity index (χ1v) is 9.55. The highest BCUT2D eigenvalue weighted by molar-refractivity contribution is 7.89. The number of ether oxygens (including phenoxy) is 1. The van der Waals surface area contributed by atoms with E-state index in [0.717, 1.165) is 24.3 Å². The summed E-state index contributed by atoms with van der Waals surface area (Å²) in [6.07, 6.45) is 0.218. The number of rotatable bonds is 7. The van der Waals surface area contributed by atoms with Gasteiger partial charge in [-0.3, -0.25) is 4.79 Å². The molecule has 0 radical (unpaired) electrons. The lowest BCUT2D eigenvalue weighted by Crippen LogP contribution is -2.43. The van der Waals surface area contributed by atoms with Crippen molar-refractivity contribution in [1.29, 1.82) is 0 Å². The number of hydrogen-bond donors (Lipinski definition) is 2. The number of methoxy groups -OCH3 is 1. The maximum absolute atomic E-state index is 13.0. The number of benzene rings is 2. The highest BCUT2D eigenvalue weighted by atomic mass is 35.5. The van der Waals surface area contributed by atoms with Crippen LogP contribution in [0.3, 0.4) is 0 Å². The van der Waals surface area contributed by atoms with E-state index in [9.17, 15) is 17.6 Å². The minimum absolute atomic E-state index is 0.127. The van der Waals surface area contributed by atoms with Gasteiger partial charge >= 0.3 is 0 Å². The van der Waals surface area contributed by atoms with Gasteiger partial charge in [0.2, 0.25) is 15.9 Å². The lowest BCUT2D eigenvalue weighted by Gasteiger charge is -2.17. The lowest BCUT2D eigenvalue weighted by atomic mass is 10.2. The lowest BCUT2D eigenvalue weighted by molar-refractivity contribution is -0.117. The molecular weight excluding hydrogens is 383 g/mol. The van der Waals surface area contributed by atoms with Gasteiger partial charge < -0.3 is 10.1 Å². The Labute approximate surface area is 156 Å². The van der Waals surface area contributed by atoms with Crippen LogP contribution in [0.5, 0.6) is 5.75 Å². The summed E-state index contributed by atoms with van der Waals surface area (Å²) in [5, 5.41) is 2.91. The summed E-state index contributed by atoms with van der Waals surface area (Å²) in [6, 6.07) is 8.00. The molecule has 140 valence electrons. The first kappa shape index (κ1) is 20.2. The van der Waals surface area contributed by atoms with Crippen LogP contribution >= 0.6 is 11.6 Å². The zero-order chi connectivity index (χ0) is 19.3. The molecule has 0 heterocycles. The molecule has 0 saturated carbocycles. The summed E-state index contributed by atoms with van der Waals surface area (Å²) in [7, 11) is -2.50. The minimum atomic E-state index is -3.97. The molecule has 2 N–H and O–H groups in total. The second kappa shape index (κ2) is 8.48. The van der Waals surface area contributed by atoms with Crippen LogP contribution in [-0.4, -0.2) is 27.5 Å². The molecular formula is C17H18ClFN2O4S. The van der Waals surface area contributed by atoms with Crippen LogP contribution in [0.2, 0.25) is 5.02 Å². The van der Waals surface area contributed by atoms with E-state index in [-0.39, 0.29) is 11.3 Å². The van der Waals surface area contributed by atoms with Crippen molar-refractivity contribution in [2.45, 2.75) is 24.3 Å². The molecule has 1 unspecified atom stereocenters. The van der Waals surface area contributed by atoms with Crippen LogP contribution in [0, 0.1) is 5.82 Å². The quantitative estimate of drug-likeness (QED) is 0.747. The van der Waals surface area contributed by atoms with E-state index in [1.807, 2.05) is 0 Å². The highest BCUT2D eigenvalue weighted by Gasteiger charge is 2.24. The fraction of sp³-hybridized carbons (Fsp3) is 0.235. The summed E-state index contributed by atoms with van der Waals surface area (Å²) in [6.45, 7) is 1.67. The van der Waals surface area contributed by atoms with Gasteiger partial charge in [0, 0.05) is 5.69 Å². The summed E-state index contributed by atoms with van der Waals surface area (Å²) in [5.41, 5.74) is 0.403. The maximum Gasteiger partial charge on any atom is 0.242 e. The van der Waals surface area contributed by atoms with Crippen molar-refractivity contribution >= 4 is 33.2 Å². The smallest absolute Gasteiger partial charge is 0.242 e. The molecule has 2 aromatic rings. The van der Waals surface area contributed by atoms with Crippen LogP contribution in [0.4, 0.5) is 10.1 Å². The van der Waals surface area contributed by atoms with Crippen molar-refractivity contribution in [3.05, 3.63) is 53.3 Å². The van der Waals surface area contributed by atoms with E-state index in [1.54, 1.807) is 19.1 Å². The normalized spacial score (nSPS) is 12.5. The second-order valence-corrected chi connectivity index (χ2v) is 7.50. The third kappa shape index (κ3) is 4.94. The highest BCUT2D eigenvalue weighted by Crippen LogP contribution is 2.27. The van der Waals surface area contributed by atoms with Gasteiger partial charge in [-0.05, 0) is 48.9 Å². The molecule has 0 saturated heterocycles. The number of carbonyl (C=O) groups is 1. The molecule has 0 aromatic heterocycles. The molecule has 0 bridgehead atoms. The van der Waals surface area contributed by atoms with Crippen molar-refractivity contribution in [1.82, 2.24) is 4.72 Å². The molecule has 2 rings (SSSR count). The Balaban J connectivity index is 2.13. The Morgan fingerprint density at radius 3 is 2.42 bits per heavy atom. The number of sulfonamides is 1. The number of amides is 1. The molecule has 0 aliphatic heterocycles. The van der Waals surface area contributed by atoms with E-state index in [2.05, 4.69) is 10.0 Å². The van der Waals surface area contributed by atoms with E-state index in [4.69, 9.17) is 16.3 Å². The standard InChI is InChI=1S/C17H18ClFN2O4S/c1-3-15(21-26(23,24)13-7-4-11(19)5-8-13)17(22)20-12-6-9-16(25-2)14(18)10-12/h4-10,15,21H,3H2,1-2H3,(H,20,22). The van der Waals surface area contributed by atoms with Crippen molar-refractivity contribution in [3.8, 4) is 5.75 Å². The van der Waals surface area contributed by atoms with E-state index >= 15 is 0 Å². The molecule has 0 fully saturated rings. The number of anilines is 1. The largest absolute Gasteiger partial charge is 0.495 e. The number of nitrogens with one attached hydrogen (secondary N) is 2. The maximum atomic E-state index is 13.0. The van der Waals surface area contributed by atoms with Gasteiger partial charge in [0.1, 0.15) is 17.6 Å². The van der Waals surface area contributed by atoms with E-state index in [1.165, 1.54) is 13.2 Å². The van der Waals surface area contributed by atoms with Gasteiger partial charge in [-0.1, -0.05) is 18.5 Å². The number of hydrogen-bond acceptors (Lipinski definition) is 4. The third-order valence-electron chi connectivity index (χ3n) is 3.57. The number of halogens is 2. The van der Waals surface area contributed by atoms with Crippen LogP contribution in [-0.2, 0) is 14.8 Å². The van der Waals surface area contributed by atoms with Crippen LogP contribution in [0.15, 0.2) is 47.4 Å². The van der Waals surface area contributed by atoms with Crippen molar-refractivity contribution < 1.29 is 22.3 Å². The Morgan fingerprint density at radius 2 is 1.88 bits per heavy atom. The van der Waals surface area contributed by atoms with Gasteiger partial charge in [-0.15, -0.1) is 0 Å². The summed E-state index contributed by atoms with van der Waals surface area (Å²) < 4.78 is 45.0. The first-order valence-electron chi connectivity index (χ1n) is 7.69. The molecule has 1 amide bonds. The number of carbonyl (C=O) groups excluding carboxylic acids is 1. The molecule has 26 heavy (non-hydrogen) atoms. The summed E-state index contributed by atoms with van der Waals surface area (Å²) >= 11 is 6.01. The average molecular weight is 401 g/mol. The minimum Gasteiger partial charge on any atom is -0.495 e. The van der Waals surface area contributed by atoms with Gasteiger partial charge in [0.05, 0.1) is 17.0 Å². The molecule has 6 nitrogen and oxygen atoms in total. The molecule has 2 aromatic carbocycles. The second-order valence-electron chi connectivity index (χ2n) is 5.37. The first-order chi connectivity index (χ1) is 12.3. The monoisotopic (exact) mass is 400 g/mol. The zero-order valence-corrected chi connectivity index (χ0v) is 15.7. The Morgan fingerprint density at radius 1 is 1.23 bits per heavy atom. The van der Waals surface area contributed by atoms with Crippen LogP contribution in [0.1, 0.15) is 13.3 Å². The Hall–Kier alpha value is -2.16. The third-order valence-corrected chi connectivity index (χ3v) is 5.35. The zero-order valence-electron chi connectivity index (χ0n) is 14.1. The van der Waals surface area contributed by atoms with Gasteiger partial charge in [0.25, 0.3) is 0 Å².